The second-order valence-electron chi connectivity index (χ2n) is 4.44. The largest absolute Gasteiger partial charge is 0.395 e. The van der Waals surface area contributed by atoms with Crippen LogP contribution in [0.25, 0.3) is 0 Å². The summed E-state index contributed by atoms with van der Waals surface area (Å²) in [6.45, 7) is 10.2. The standard InChI is InChI=1S/C11H24O3Si/c1-5-7-15(4,13-6-2)14-10(3)8-11-9-12-11/h10-11H,5-9H2,1-4H3. The van der Waals surface area contributed by atoms with E-state index < -0.39 is 8.56 Å². The van der Waals surface area contributed by atoms with Crippen LogP contribution in [0.5, 0.6) is 0 Å². The lowest BCUT2D eigenvalue weighted by Crippen LogP contribution is -2.41. The van der Waals surface area contributed by atoms with E-state index in [9.17, 15) is 0 Å². The smallest absolute Gasteiger partial charge is 0.335 e. The fraction of sp³-hybridized carbons (Fsp3) is 1.00. The lowest BCUT2D eigenvalue weighted by Gasteiger charge is -2.29. The first kappa shape index (κ1) is 13.2. The van der Waals surface area contributed by atoms with Gasteiger partial charge in [0, 0.05) is 19.1 Å². The average Bonchev–Trinajstić information content (AvgIpc) is 2.87. The molecule has 0 aliphatic carbocycles. The van der Waals surface area contributed by atoms with Crippen molar-refractivity contribution in [2.24, 2.45) is 0 Å². The Morgan fingerprint density at radius 2 is 2.13 bits per heavy atom. The van der Waals surface area contributed by atoms with Gasteiger partial charge in [-0.05, 0) is 26.4 Å². The van der Waals surface area contributed by atoms with Crippen LogP contribution < -0.4 is 0 Å². The molecule has 0 aromatic heterocycles. The van der Waals surface area contributed by atoms with Crippen LogP contribution in [-0.2, 0) is 13.6 Å². The molecule has 0 N–H and O–H groups in total. The van der Waals surface area contributed by atoms with E-state index in [1.54, 1.807) is 0 Å². The summed E-state index contributed by atoms with van der Waals surface area (Å²) in [6, 6.07) is 1.08. The molecule has 3 unspecified atom stereocenters. The first-order valence-corrected chi connectivity index (χ1v) is 8.55. The second kappa shape index (κ2) is 5.99. The SMILES string of the molecule is CCC[Si](C)(OCC)OC(C)CC1CO1. The molecule has 1 rings (SSSR count). The van der Waals surface area contributed by atoms with Gasteiger partial charge in [0.05, 0.1) is 12.7 Å². The van der Waals surface area contributed by atoms with Gasteiger partial charge in [-0.3, -0.25) is 0 Å². The van der Waals surface area contributed by atoms with Crippen molar-refractivity contribution in [2.45, 2.75) is 58.4 Å². The summed E-state index contributed by atoms with van der Waals surface area (Å²) in [6.07, 6.45) is 2.86. The fourth-order valence-electron chi connectivity index (χ4n) is 1.97. The Morgan fingerprint density at radius 1 is 1.47 bits per heavy atom. The first-order valence-electron chi connectivity index (χ1n) is 6.03. The van der Waals surface area contributed by atoms with Crippen molar-refractivity contribution in [1.29, 1.82) is 0 Å². The molecule has 0 aromatic carbocycles. The van der Waals surface area contributed by atoms with Gasteiger partial charge in [-0.2, -0.15) is 0 Å². The highest BCUT2D eigenvalue weighted by Gasteiger charge is 2.34. The molecule has 1 fully saturated rings. The highest BCUT2D eigenvalue weighted by atomic mass is 28.4. The minimum absolute atomic E-state index is 0.271. The minimum Gasteiger partial charge on any atom is -0.395 e. The quantitative estimate of drug-likeness (QED) is 0.476. The Kier molecular flexibility index (Phi) is 5.25. The third-order valence-corrected chi connectivity index (χ3v) is 5.81. The van der Waals surface area contributed by atoms with E-state index in [0.29, 0.717) is 6.10 Å². The fourth-order valence-corrected chi connectivity index (χ4v) is 4.77. The normalized spacial score (nSPS) is 26.0. The van der Waals surface area contributed by atoms with Gasteiger partial charge >= 0.3 is 8.56 Å². The van der Waals surface area contributed by atoms with Crippen LogP contribution in [0.2, 0.25) is 12.6 Å². The predicted molar refractivity (Wildman–Crippen MR) is 63.2 cm³/mol. The van der Waals surface area contributed by atoms with E-state index in [4.69, 9.17) is 13.6 Å². The monoisotopic (exact) mass is 232 g/mol. The van der Waals surface area contributed by atoms with E-state index in [1.165, 1.54) is 0 Å². The molecule has 0 spiro atoms. The van der Waals surface area contributed by atoms with Gasteiger partial charge in [0.15, 0.2) is 0 Å². The van der Waals surface area contributed by atoms with E-state index in [1.807, 2.05) is 6.92 Å². The van der Waals surface area contributed by atoms with Gasteiger partial charge < -0.3 is 13.6 Å². The van der Waals surface area contributed by atoms with Crippen molar-refractivity contribution in [1.82, 2.24) is 0 Å². The maximum atomic E-state index is 6.11. The van der Waals surface area contributed by atoms with Crippen LogP contribution in [0.15, 0.2) is 0 Å². The summed E-state index contributed by atoms with van der Waals surface area (Å²) in [5, 5.41) is 0. The van der Waals surface area contributed by atoms with Gasteiger partial charge in [-0.25, -0.2) is 0 Å². The molecular weight excluding hydrogens is 208 g/mol. The van der Waals surface area contributed by atoms with E-state index in [2.05, 4.69) is 20.4 Å². The minimum atomic E-state index is -1.91. The number of hydrogen-bond acceptors (Lipinski definition) is 3. The van der Waals surface area contributed by atoms with Crippen molar-refractivity contribution in [3.63, 3.8) is 0 Å². The molecule has 0 saturated carbocycles. The first-order chi connectivity index (χ1) is 7.09. The van der Waals surface area contributed by atoms with Crippen LogP contribution in [-0.4, -0.2) is 34.0 Å². The molecule has 3 nitrogen and oxygen atoms in total. The summed E-state index contributed by atoms with van der Waals surface area (Å²) < 4.78 is 17.1. The lowest BCUT2D eigenvalue weighted by atomic mass is 10.2. The highest BCUT2D eigenvalue weighted by molar-refractivity contribution is 6.66. The van der Waals surface area contributed by atoms with Gasteiger partial charge in [0.1, 0.15) is 0 Å². The summed E-state index contributed by atoms with van der Waals surface area (Å²) in [5.41, 5.74) is 0. The van der Waals surface area contributed by atoms with E-state index in [-0.39, 0.29) is 6.10 Å². The molecule has 4 heteroatoms. The molecule has 1 aliphatic heterocycles. The zero-order valence-electron chi connectivity index (χ0n) is 10.4. The number of hydrogen-bond donors (Lipinski definition) is 0. The van der Waals surface area contributed by atoms with Gasteiger partial charge in [0.25, 0.3) is 0 Å². The molecule has 1 heterocycles. The Bertz CT molecular complexity index is 177. The third-order valence-electron chi connectivity index (χ3n) is 2.60. The molecule has 1 saturated heterocycles. The molecule has 0 aromatic rings. The molecule has 3 atom stereocenters. The van der Waals surface area contributed by atoms with Crippen LogP contribution in [0, 0.1) is 0 Å². The number of epoxide rings is 1. The summed E-state index contributed by atoms with van der Waals surface area (Å²) in [7, 11) is -1.91. The van der Waals surface area contributed by atoms with Crippen molar-refractivity contribution in [2.75, 3.05) is 13.2 Å². The maximum Gasteiger partial charge on any atom is 0.335 e. The van der Waals surface area contributed by atoms with Crippen molar-refractivity contribution < 1.29 is 13.6 Å². The molecule has 0 radical (unpaired) electrons. The van der Waals surface area contributed by atoms with Crippen LogP contribution in [0.4, 0.5) is 0 Å². The Hall–Kier alpha value is 0.0969. The predicted octanol–water partition coefficient (Wildman–Crippen LogP) is 2.70. The van der Waals surface area contributed by atoms with Crippen molar-refractivity contribution >= 4 is 8.56 Å². The van der Waals surface area contributed by atoms with Crippen LogP contribution >= 0.6 is 0 Å². The van der Waals surface area contributed by atoms with E-state index in [0.717, 1.165) is 32.1 Å². The topological polar surface area (TPSA) is 31.0 Å². The average molecular weight is 232 g/mol. The molecule has 0 bridgehead atoms. The number of ether oxygens (including phenoxy) is 1. The Balaban J connectivity index is 2.33. The Labute approximate surface area is 94.4 Å². The number of rotatable bonds is 8. The summed E-state index contributed by atoms with van der Waals surface area (Å²) in [4.78, 5) is 0. The zero-order chi connectivity index (χ0) is 11.3. The molecule has 1 aliphatic rings. The Morgan fingerprint density at radius 3 is 2.60 bits per heavy atom. The molecular formula is C11H24O3Si. The third kappa shape index (κ3) is 5.11. The second-order valence-corrected chi connectivity index (χ2v) is 7.73. The van der Waals surface area contributed by atoms with Crippen LogP contribution in [0.3, 0.4) is 0 Å². The van der Waals surface area contributed by atoms with Crippen molar-refractivity contribution in [3.05, 3.63) is 0 Å². The molecule has 90 valence electrons. The summed E-state index contributed by atoms with van der Waals surface area (Å²) >= 11 is 0. The van der Waals surface area contributed by atoms with Gasteiger partial charge in [-0.15, -0.1) is 0 Å². The lowest BCUT2D eigenvalue weighted by molar-refractivity contribution is 0.118. The van der Waals surface area contributed by atoms with E-state index >= 15 is 0 Å². The van der Waals surface area contributed by atoms with Crippen molar-refractivity contribution in [3.8, 4) is 0 Å². The maximum absolute atomic E-state index is 6.11. The van der Waals surface area contributed by atoms with Gasteiger partial charge in [-0.1, -0.05) is 13.3 Å². The zero-order valence-corrected chi connectivity index (χ0v) is 11.4. The molecule has 0 amide bonds. The summed E-state index contributed by atoms with van der Waals surface area (Å²) in [5.74, 6) is 0. The molecule has 15 heavy (non-hydrogen) atoms. The highest BCUT2D eigenvalue weighted by Crippen LogP contribution is 2.23. The van der Waals surface area contributed by atoms with Crippen LogP contribution in [0.1, 0.15) is 33.6 Å². The van der Waals surface area contributed by atoms with Gasteiger partial charge in [0.2, 0.25) is 0 Å².